The minimum Gasteiger partial charge on any atom is -0.410 e. The van der Waals surface area contributed by atoms with Gasteiger partial charge < -0.3 is 15.4 Å². The number of halogens is 1. The number of hydrogen-bond acceptors (Lipinski definition) is 3. The molecular weight excluding hydrogens is 240 g/mol. The molecule has 0 aromatic heterocycles. The highest BCUT2D eigenvalue weighted by atomic mass is 35.5. The number of rotatable bonds is 2. The first-order valence-electron chi connectivity index (χ1n) is 5.69. The second-order valence-electron chi connectivity index (χ2n) is 4.02. The fraction of sp³-hybridized carbons (Fsp3) is 0.417. The molecule has 0 spiro atoms. The summed E-state index contributed by atoms with van der Waals surface area (Å²) in [4.78, 5) is 11.6. The van der Waals surface area contributed by atoms with Crippen molar-refractivity contribution in [1.29, 1.82) is 0 Å². The van der Waals surface area contributed by atoms with Crippen LogP contribution in [-0.2, 0) is 0 Å². The number of benzene rings is 1. The number of amides is 1. The van der Waals surface area contributed by atoms with Gasteiger partial charge in [-0.25, -0.2) is 4.79 Å². The van der Waals surface area contributed by atoms with E-state index in [0.717, 1.165) is 25.9 Å². The molecule has 0 unspecified atom stereocenters. The van der Waals surface area contributed by atoms with Crippen molar-refractivity contribution in [3.05, 3.63) is 29.3 Å². The minimum atomic E-state index is -0.417. The summed E-state index contributed by atoms with van der Waals surface area (Å²) in [7, 11) is 0. The smallest absolute Gasteiger partial charge is 0.410 e. The summed E-state index contributed by atoms with van der Waals surface area (Å²) in [6.07, 6.45) is 1.45. The Morgan fingerprint density at radius 2 is 2.18 bits per heavy atom. The largest absolute Gasteiger partial charge is 0.412 e. The van der Waals surface area contributed by atoms with Crippen molar-refractivity contribution >= 4 is 17.7 Å². The monoisotopic (exact) mass is 254 g/mol. The van der Waals surface area contributed by atoms with Crippen LogP contribution in [0.25, 0.3) is 0 Å². The molecule has 0 atom stereocenters. The minimum absolute atomic E-state index is 0.197. The average molecular weight is 255 g/mol. The number of carbonyl (C=O) groups is 1. The van der Waals surface area contributed by atoms with E-state index >= 15 is 0 Å². The first-order chi connectivity index (χ1) is 8.24. The Hall–Kier alpha value is -1.26. The molecule has 0 aliphatic carbocycles. The van der Waals surface area contributed by atoms with E-state index in [1.165, 1.54) is 0 Å². The molecule has 1 aromatic carbocycles. The average Bonchev–Trinajstić information content (AvgIpc) is 2.30. The Labute approximate surface area is 105 Å². The lowest BCUT2D eigenvalue weighted by Gasteiger charge is -2.23. The van der Waals surface area contributed by atoms with Gasteiger partial charge in [-0.3, -0.25) is 0 Å². The van der Waals surface area contributed by atoms with Crippen molar-refractivity contribution in [2.75, 3.05) is 13.1 Å². The second kappa shape index (κ2) is 5.89. The number of hydrogen-bond donors (Lipinski definition) is 2. The van der Waals surface area contributed by atoms with E-state index in [1.807, 2.05) is 0 Å². The lowest BCUT2D eigenvalue weighted by molar-refractivity contribution is 0.193. The van der Waals surface area contributed by atoms with Crippen molar-refractivity contribution < 1.29 is 9.53 Å². The molecule has 1 aromatic rings. The van der Waals surface area contributed by atoms with Gasteiger partial charge in [-0.15, -0.1) is 0 Å². The lowest BCUT2D eigenvalue weighted by atomic mass is 10.1. The molecular formula is C12H15ClN2O2. The quantitative estimate of drug-likeness (QED) is 0.851. The van der Waals surface area contributed by atoms with Gasteiger partial charge in [-0.1, -0.05) is 17.7 Å². The normalized spacial score (nSPS) is 16.5. The predicted molar refractivity (Wildman–Crippen MR) is 66.5 cm³/mol. The zero-order chi connectivity index (χ0) is 12.1. The van der Waals surface area contributed by atoms with Crippen LogP contribution in [0, 0.1) is 0 Å². The molecule has 1 heterocycles. The highest BCUT2D eigenvalue weighted by Gasteiger charge is 2.16. The zero-order valence-corrected chi connectivity index (χ0v) is 10.2. The summed E-state index contributed by atoms with van der Waals surface area (Å²) in [5, 5.41) is 6.63. The Balaban J connectivity index is 1.84. The number of piperidine rings is 1. The van der Waals surface area contributed by atoms with Gasteiger partial charge in [0.2, 0.25) is 0 Å². The van der Waals surface area contributed by atoms with Crippen LogP contribution < -0.4 is 15.4 Å². The number of nitrogens with one attached hydrogen (secondary N) is 2. The fourth-order valence-electron chi connectivity index (χ4n) is 1.80. The fourth-order valence-corrected chi connectivity index (χ4v) is 1.98. The van der Waals surface area contributed by atoms with Crippen molar-refractivity contribution in [1.82, 2.24) is 10.6 Å². The maximum Gasteiger partial charge on any atom is 0.412 e. The Morgan fingerprint density at radius 1 is 1.41 bits per heavy atom. The van der Waals surface area contributed by atoms with Gasteiger partial charge in [0.1, 0.15) is 5.75 Å². The van der Waals surface area contributed by atoms with Crippen LogP contribution in [0.3, 0.4) is 0 Å². The van der Waals surface area contributed by atoms with Crippen molar-refractivity contribution in [3.8, 4) is 5.75 Å². The van der Waals surface area contributed by atoms with Crippen LogP contribution in [0.2, 0.25) is 5.02 Å². The van der Waals surface area contributed by atoms with Crippen LogP contribution in [0.5, 0.6) is 5.75 Å². The summed E-state index contributed by atoms with van der Waals surface area (Å²) >= 11 is 5.80. The molecule has 2 N–H and O–H groups in total. The molecule has 0 radical (unpaired) electrons. The molecule has 4 nitrogen and oxygen atoms in total. The molecule has 2 rings (SSSR count). The van der Waals surface area contributed by atoms with Crippen LogP contribution in [0.15, 0.2) is 24.3 Å². The van der Waals surface area contributed by atoms with Gasteiger partial charge in [0, 0.05) is 11.1 Å². The van der Waals surface area contributed by atoms with Gasteiger partial charge in [-0.2, -0.15) is 0 Å². The topological polar surface area (TPSA) is 50.4 Å². The summed E-state index contributed by atoms with van der Waals surface area (Å²) in [6, 6.07) is 6.99. The van der Waals surface area contributed by atoms with E-state index in [2.05, 4.69) is 10.6 Å². The van der Waals surface area contributed by atoms with Gasteiger partial charge in [-0.05, 0) is 44.1 Å². The van der Waals surface area contributed by atoms with Gasteiger partial charge in [0.25, 0.3) is 0 Å². The Kier molecular flexibility index (Phi) is 4.23. The SMILES string of the molecule is O=C(NC1CCNCC1)Oc1cccc(Cl)c1. The van der Waals surface area contributed by atoms with Gasteiger partial charge in [0.15, 0.2) is 0 Å². The summed E-state index contributed by atoms with van der Waals surface area (Å²) in [5.74, 6) is 0.462. The van der Waals surface area contributed by atoms with Crippen LogP contribution >= 0.6 is 11.6 Å². The molecule has 1 aliphatic heterocycles. The Morgan fingerprint density at radius 3 is 2.88 bits per heavy atom. The maximum absolute atomic E-state index is 11.6. The number of carbonyl (C=O) groups excluding carboxylic acids is 1. The Bertz CT molecular complexity index is 392. The summed E-state index contributed by atoms with van der Waals surface area (Å²) in [5.41, 5.74) is 0. The molecule has 0 saturated carbocycles. The molecule has 1 saturated heterocycles. The lowest BCUT2D eigenvalue weighted by Crippen LogP contribution is -2.43. The third kappa shape index (κ3) is 3.91. The highest BCUT2D eigenvalue weighted by Crippen LogP contribution is 2.17. The second-order valence-corrected chi connectivity index (χ2v) is 4.45. The number of ether oxygens (including phenoxy) is 1. The van der Waals surface area contributed by atoms with Crippen molar-refractivity contribution in [3.63, 3.8) is 0 Å². The van der Waals surface area contributed by atoms with Crippen LogP contribution in [0.4, 0.5) is 4.79 Å². The summed E-state index contributed by atoms with van der Waals surface area (Å²) in [6.45, 7) is 1.87. The van der Waals surface area contributed by atoms with Gasteiger partial charge in [0.05, 0.1) is 0 Å². The molecule has 0 bridgehead atoms. The zero-order valence-electron chi connectivity index (χ0n) is 9.41. The van der Waals surface area contributed by atoms with Crippen LogP contribution in [0.1, 0.15) is 12.8 Å². The maximum atomic E-state index is 11.6. The first kappa shape index (κ1) is 12.2. The predicted octanol–water partition coefficient (Wildman–Crippen LogP) is 2.18. The molecule has 1 fully saturated rings. The van der Waals surface area contributed by atoms with E-state index in [9.17, 15) is 4.79 Å². The van der Waals surface area contributed by atoms with E-state index in [1.54, 1.807) is 24.3 Å². The van der Waals surface area contributed by atoms with Crippen molar-refractivity contribution in [2.45, 2.75) is 18.9 Å². The summed E-state index contributed by atoms with van der Waals surface area (Å²) < 4.78 is 5.14. The van der Waals surface area contributed by atoms with E-state index < -0.39 is 6.09 Å². The molecule has 5 heteroatoms. The molecule has 17 heavy (non-hydrogen) atoms. The third-order valence-electron chi connectivity index (χ3n) is 2.67. The van der Waals surface area contributed by atoms with E-state index in [0.29, 0.717) is 10.8 Å². The van der Waals surface area contributed by atoms with Crippen LogP contribution in [-0.4, -0.2) is 25.2 Å². The standard InChI is InChI=1S/C12H15ClN2O2/c13-9-2-1-3-11(8-9)17-12(16)15-10-4-6-14-7-5-10/h1-3,8,10,14H,4-7H2,(H,15,16). The molecule has 1 aliphatic rings. The highest BCUT2D eigenvalue weighted by molar-refractivity contribution is 6.30. The van der Waals surface area contributed by atoms with E-state index in [4.69, 9.17) is 16.3 Å². The third-order valence-corrected chi connectivity index (χ3v) is 2.90. The first-order valence-corrected chi connectivity index (χ1v) is 6.06. The van der Waals surface area contributed by atoms with Gasteiger partial charge >= 0.3 is 6.09 Å². The molecule has 92 valence electrons. The molecule has 1 amide bonds. The van der Waals surface area contributed by atoms with Crippen molar-refractivity contribution in [2.24, 2.45) is 0 Å². The van der Waals surface area contributed by atoms with E-state index in [-0.39, 0.29) is 6.04 Å².